The molecule has 1 aromatic heterocycles. The Bertz CT molecular complexity index is 413. The van der Waals surface area contributed by atoms with Gasteiger partial charge in [-0.25, -0.2) is 4.98 Å². The molecule has 0 aliphatic carbocycles. The summed E-state index contributed by atoms with van der Waals surface area (Å²) in [5.41, 5.74) is 1.34. The number of nitrogens with zero attached hydrogens (tertiary/aromatic N) is 2. The maximum Gasteiger partial charge on any atom is 0.107 e. The summed E-state index contributed by atoms with van der Waals surface area (Å²) >= 11 is 1.76. The molecule has 0 bridgehead atoms. The van der Waals surface area contributed by atoms with Gasteiger partial charge in [0, 0.05) is 36.6 Å². The first-order chi connectivity index (χ1) is 9.48. The number of ether oxygens (including phenoxy) is 1. The van der Waals surface area contributed by atoms with Gasteiger partial charge in [-0.3, -0.25) is 4.90 Å². The molecule has 5 heteroatoms. The zero-order valence-electron chi connectivity index (χ0n) is 13.1. The molecule has 1 atom stereocenters. The van der Waals surface area contributed by atoms with Crippen molar-refractivity contribution in [2.24, 2.45) is 0 Å². The van der Waals surface area contributed by atoms with Gasteiger partial charge in [-0.1, -0.05) is 6.92 Å². The van der Waals surface area contributed by atoms with Gasteiger partial charge >= 0.3 is 0 Å². The van der Waals surface area contributed by atoms with Crippen molar-refractivity contribution < 1.29 is 4.74 Å². The molecule has 1 aliphatic rings. The third kappa shape index (κ3) is 4.81. The Morgan fingerprint density at radius 2 is 2.30 bits per heavy atom. The molecule has 0 aromatic carbocycles. The summed E-state index contributed by atoms with van der Waals surface area (Å²) in [6.07, 6.45) is 1.14. The number of thiazole rings is 1. The summed E-state index contributed by atoms with van der Waals surface area (Å²) in [5.74, 6) is 0. The molecule has 0 saturated carbocycles. The van der Waals surface area contributed by atoms with E-state index in [2.05, 4.69) is 43.3 Å². The van der Waals surface area contributed by atoms with E-state index in [1.54, 1.807) is 11.3 Å². The van der Waals surface area contributed by atoms with Crippen molar-refractivity contribution in [3.8, 4) is 0 Å². The predicted molar refractivity (Wildman–Crippen MR) is 84.0 cm³/mol. The van der Waals surface area contributed by atoms with E-state index in [-0.39, 0.29) is 5.54 Å². The Balaban J connectivity index is 1.88. The van der Waals surface area contributed by atoms with Crippen LogP contribution in [0.15, 0.2) is 5.38 Å². The molecule has 4 nitrogen and oxygen atoms in total. The molecule has 114 valence electrons. The molecule has 1 N–H and O–H groups in total. The topological polar surface area (TPSA) is 37.4 Å². The molecule has 0 spiro atoms. The van der Waals surface area contributed by atoms with Crippen LogP contribution in [0.4, 0.5) is 0 Å². The van der Waals surface area contributed by atoms with Crippen LogP contribution in [0, 0.1) is 0 Å². The van der Waals surface area contributed by atoms with Gasteiger partial charge in [0.2, 0.25) is 0 Å². The fourth-order valence-corrected chi connectivity index (χ4v) is 3.05. The zero-order valence-corrected chi connectivity index (χ0v) is 13.9. The molecule has 1 fully saturated rings. The molecule has 1 unspecified atom stereocenters. The minimum Gasteiger partial charge on any atom is -0.378 e. The van der Waals surface area contributed by atoms with Crippen molar-refractivity contribution in [1.29, 1.82) is 0 Å². The molecule has 1 saturated heterocycles. The highest BCUT2D eigenvalue weighted by Crippen LogP contribution is 2.17. The largest absolute Gasteiger partial charge is 0.378 e. The first kappa shape index (κ1) is 15.9. The molecule has 0 amide bonds. The quantitative estimate of drug-likeness (QED) is 0.906. The van der Waals surface area contributed by atoms with Crippen LogP contribution in [0.3, 0.4) is 0 Å². The molecule has 1 aromatic rings. The number of hydrogen-bond acceptors (Lipinski definition) is 5. The van der Waals surface area contributed by atoms with Gasteiger partial charge in [0.1, 0.15) is 5.01 Å². The van der Waals surface area contributed by atoms with E-state index >= 15 is 0 Å². The van der Waals surface area contributed by atoms with Crippen molar-refractivity contribution in [3.05, 3.63) is 16.1 Å². The van der Waals surface area contributed by atoms with Crippen LogP contribution >= 0.6 is 11.3 Å². The fourth-order valence-electron chi connectivity index (χ4n) is 2.32. The summed E-state index contributed by atoms with van der Waals surface area (Å²) < 4.78 is 5.55. The Morgan fingerprint density at radius 3 is 3.00 bits per heavy atom. The van der Waals surface area contributed by atoms with E-state index in [0.717, 1.165) is 39.3 Å². The molecule has 20 heavy (non-hydrogen) atoms. The average molecular weight is 297 g/mol. The van der Waals surface area contributed by atoms with Gasteiger partial charge in [-0.2, -0.15) is 0 Å². The number of nitrogens with one attached hydrogen (secondary N) is 1. The first-order valence-electron chi connectivity index (χ1n) is 7.48. The normalized spacial score (nSPS) is 21.3. The SMILES string of the molecule is CCC1COCCN1Cc1csc(CNC(C)(C)C)n1. The Morgan fingerprint density at radius 1 is 1.50 bits per heavy atom. The fraction of sp³-hybridized carbons (Fsp3) is 0.800. The third-order valence-electron chi connectivity index (χ3n) is 3.56. The lowest BCUT2D eigenvalue weighted by Gasteiger charge is -2.34. The Hall–Kier alpha value is -0.490. The van der Waals surface area contributed by atoms with Crippen LogP contribution in [0.25, 0.3) is 0 Å². The van der Waals surface area contributed by atoms with E-state index in [0.29, 0.717) is 6.04 Å². The van der Waals surface area contributed by atoms with E-state index in [4.69, 9.17) is 9.72 Å². The van der Waals surface area contributed by atoms with E-state index in [9.17, 15) is 0 Å². The van der Waals surface area contributed by atoms with Gasteiger partial charge < -0.3 is 10.1 Å². The highest BCUT2D eigenvalue weighted by molar-refractivity contribution is 7.09. The lowest BCUT2D eigenvalue weighted by atomic mass is 10.1. The van der Waals surface area contributed by atoms with Crippen LogP contribution in [0.2, 0.25) is 0 Å². The average Bonchev–Trinajstić information content (AvgIpc) is 2.84. The maximum atomic E-state index is 5.55. The second kappa shape index (κ2) is 6.98. The minimum atomic E-state index is 0.142. The van der Waals surface area contributed by atoms with Crippen LogP contribution in [0.5, 0.6) is 0 Å². The molecule has 2 heterocycles. The van der Waals surface area contributed by atoms with E-state index in [1.807, 2.05) is 0 Å². The third-order valence-corrected chi connectivity index (χ3v) is 4.45. The molecule has 0 radical (unpaired) electrons. The van der Waals surface area contributed by atoms with E-state index in [1.165, 1.54) is 10.7 Å². The number of aromatic nitrogens is 1. The standard InChI is InChI=1S/C15H27N3OS/c1-5-13-10-19-7-6-18(13)9-12-11-20-14(17-12)8-16-15(2,3)4/h11,13,16H,5-10H2,1-4H3. The van der Waals surface area contributed by atoms with Crippen LogP contribution in [0.1, 0.15) is 44.8 Å². The smallest absolute Gasteiger partial charge is 0.107 e. The number of rotatable bonds is 5. The van der Waals surface area contributed by atoms with Crippen molar-refractivity contribution in [1.82, 2.24) is 15.2 Å². The number of hydrogen-bond donors (Lipinski definition) is 1. The van der Waals surface area contributed by atoms with Crippen LogP contribution < -0.4 is 5.32 Å². The van der Waals surface area contributed by atoms with Gasteiger partial charge in [0.25, 0.3) is 0 Å². The van der Waals surface area contributed by atoms with Gasteiger partial charge in [-0.15, -0.1) is 11.3 Å². The zero-order chi connectivity index (χ0) is 14.6. The summed E-state index contributed by atoms with van der Waals surface area (Å²) in [6.45, 7) is 13.3. The van der Waals surface area contributed by atoms with Gasteiger partial charge in [-0.05, 0) is 27.2 Å². The second-order valence-electron chi connectivity index (χ2n) is 6.44. The van der Waals surface area contributed by atoms with Crippen molar-refractivity contribution in [3.63, 3.8) is 0 Å². The van der Waals surface area contributed by atoms with Crippen molar-refractivity contribution in [2.45, 2.75) is 58.8 Å². The van der Waals surface area contributed by atoms with E-state index < -0.39 is 0 Å². The van der Waals surface area contributed by atoms with Gasteiger partial charge in [0.15, 0.2) is 0 Å². The first-order valence-corrected chi connectivity index (χ1v) is 8.36. The Labute approximate surface area is 126 Å². The highest BCUT2D eigenvalue weighted by Gasteiger charge is 2.22. The molecular weight excluding hydrogens is 270 g/mol. The van der Waals surface area contributed by atoms with Crippen LogP contribution in [-0.4, -0.2) is 41.2 Å². The molecule has 1 aliphatic heterocycles. The summed E-state index contributed by atoms with van der Waals surface area (Å²) in [6, 6.07) is 0.543. The monoisotopic (exact) mass is 297 g/mol. The summed E-state index contributed by atoms with van der Waals surface area (Å²) in [7, 11) is 0. The lowest BCUT2D eigenvalue weighted by Crippen LogP contribution is -2.44. The molecule has 2 rings (SSSR count). The lowest BCUT2D eigenvalue weighted by molar-refractivity contribution is -0.0132. The maximum absolute atomic E-state index is 5.55. The van der Waals surface area contributed by atoms with Gasteiger partial charge in [0.05, 0.1) is 18.9 Å². The predicted octanol–water partition coefficient (Wildman–Crippen LogP) is 2.64. The number of morpholine rings is 1. The minimum absolute atomic E-state index is 0.142. The Kier molecular flexibility index (Phi) is 5.55. The van der Waals surface area contributed by atoms with Crippen molar-refractivity contribution >= 4 is 11.3 Å². The highest BCUT2D eigenvalue weighted by atomic mass is 32.1. The second-order valence-corrected chi connectivity index (χ2v) is 7.39. The summed E-state index contributed by atoms with van der Waals surface area (Å²) in [5, 5.41) is 6.86. The summed E-state index contributed by atoms with van der Waals surface area (Å²) in [4.78, 5) is 7.25. The van der Waals surface area contributed by atoms with Crippen molar-refractivity contribution in [2.75, 3.05) is 19.8 Å². The molecular formula is C15H27N3OS. The van der Waals surface area contributed by atoms with Crippen LogP contribution in [-0.2, 0) is 17.8 Å².